The Labute approximate surface area is 129 Å². The Morgan fingerprint density at radius 1 is 1.38 bits per heavy atom. The SMILES string of the molecule is CC(C1CC1)N(C)c1nc(CC(=O)c2ccccc2)cs1. The lowest BCUT2D eigenvalue weighted by atomic mass is 10.1. The second kappa shape index (κ2) is 5.98. The summed E-state index contributed by atoms with van der Waals surface area (Å²) >= 11 is 1.63. The molecule has 1 aromatic heterocycles. The largest absolute Gasteiger partial charge is 0.348 e. The van der Waals surface area contributed by atoms with Crippen LogP contribution >= 0.6 is 11.3 Å². The topological polar surface area (TPSA) is 33.2 Å². The Morgan fingerprint density at radius 2 is 2.10 bits per heavy atom. The molecule has 1 unspecified atom stereocenters. The first kappa shape index (κ1) is 14.3. The van der Waals surface area contributed by atoms with E-state index in [1.807, 2.05) is 35.7 Å². The molecule has 21 heavy (non-hydrogen) atoms. The molecular formula is C17H20N2OS. The minimum absolute atomic E-state index is 0.130. The van der Waals surface area contributed by atoms with Gasteiger partial charge in [0.1, 0.15) is 0 Å². The van der Waals surface area contributed by atoms with Crippen molar-refractivity contribution >= 4 is 22.3 Å². The predicted octanol–water partition coefficient (Wildman–Crippen LogP) is 3.80. The number of ketones is 1. The number of aromatic nitrogens is 1. The molecule has 0 radical (unpaired) electrons. The molecule has 4 heteroatoms. The number of carbonyl (C=O) groups is 1. The summed E-state index contributed by atoms with van der Waals surface area (Å²) in [6.45, 7) is 2.26. The zero-order valence-electron chi connectivity index (χ0n) is 12.5. The Morgan fingerprint density at radius 3 is 2.76 bits per heavy atom. The van der Waals surface area contributed by atoms with Crippen molar-refractivity contribution in [2.24, 2.45) is 5.92 Å². The van der Waals surface area contributed by atoms with Gasteiger partial charge in [0.15, 0.2) is 10.9 Å². The Balaban J connectivity index is 1.66. The second-order valence-electron chi connectivity index (χ2n) is 5.78. The molecule has 1 aliphatic carbocycles. The maximum atomic E-state index is 12.2. The van der Waals surface area contributed by atoms with Gasteiger partial charge in [-0.15, -0.1) is 11.3 Å². The number of benzene rings is 1. The Hall–Kier alpha value is -1.68. The number of nitrogens with zero attached hydrogens (tertiary/aromatic N) is 2. The molecule has 3 nitrogen and oxygen atoms in total. The van der Waals surface area contributed by atoms with Gasteiger partial charge >= 0.3 is 0 Å². The molecule has 1 aromatic carbocycles. The zero-order valence-corrected chi connectivity index (χ0v) is 13.3. The van der Waals surface area contributed by atoms with Gasteiger partial charge in [0.25, 0.3) is 0 Å². The molecule has 1 saturated carbocycles. The summed E-state index contributed by atoms with van der Waals surface area (Å²) in [6.07, 6.45) is 3.04. The van der Waals surface area contributed by atoms with Gasteiger partial charge in [-0.25, -0.2) is 4.98 Å². The van der Waals surface area contributed by atoms with Crippen LogP contribution in [-0.4, -0.2) is 23.9 Å². The number of hydrogen-bond donors (Lipinski definition) is 0. The van der Waals surface area contributed by atoms with Gasteiger partial charge in [-0.1, -0.05) is 30.3 Å². The third kappa shape index (κ3) is 3.32. The standard InChI is InChI=1S/C17H20N2OS/c1-12(13-8-9-13)19(2)17-18-15(11-21-17)10-16(20)14-6-4-3-5-7-14/h3-7,11-13H,8-10H2,1-2H3. The van der Waals surface area contributed by atoms with E-state index in [1.165, 1.54) is 12.8 Å². The molecule has 3 rings (SSSR count). The van der Waals surface area contributed by atoms with Crippen molar-refractivity contribution in [1.82, 2.24) is 4.98 Å². The van der Waals surface area contributed by atoms with Gasteiger partial charge in [-0.05, 0) is 25.7 Å². The lowest BCUT2D eigenvalue weighted by Gasteiger charge is -2.23. The fourth-order valence-corrected chi connectivity index (χ4v) is 3.38. The molecule has 0 N–H and O–H groups in total. The van der Waals surface area contributed by atoms with Crippen molar-refractivity contribution in [2.75, 3.05) is 11.9 Å². The number of carbonyl (C=O) groups excluding carboxylic acids is 1. The Kier molecular flexibility index (Phi) is 4.06. The van der Waals surface area contributed by atoms with E-state index in [9.17, 15) is 4.79 Å². The molecule has 0 saturated heterocycles. The van der Waals surface area contributed by atoms with Crippen LogP contribution in [0.3, 0.4) is 0 Å². The summed E-state index contributed by atoms with van der Waals surface area (Å²) in [5, 5.41) is 3.03. The summed E-state index contributed by atoms with van der Waals surface area (Å²) < 4.78 is 0. The van der Waals surface area contributed by atoms with Gasteiger partial charge in [0.05, 0.1) is 12.1 Å². The predicted molar refractivity (Wildman–Crippen MR) is 87.2 cm³/mol. The van der Waals surface area contributed by atoms with Crippen molar-refractivity contribution in [1.29, 1.82) is 0 Å². The third-order valence-corrected chi connectivity index (χ3v) is 5.17. The molecule has 0 aliphatic heterocycles. The molecule has 0 bridgehead atoms. The van der Waals surface area contributed by atoms with Crippen LogP contribution in [0.15, 0.2) is 35.7 Å². The molecule has 0 spiro atoms. The Bertz CT molecular complexity index is 619. The molecule has 0 amide bonds. The molecular weight excluding hydrogens is 280 g/mol. The van der Waals surface area contributed by atoms with Crippen LogP contribution in [-0.2, 0) is 6.42 Å². The van der Waals surface area contributed by atoms with E-state index in [0.29, 0.717) is 12.5 Å². The summed E-state index contributed by atoms with van der Waals surface area (Å²) in [5.41, 5.74) is 1.63. The summed E-state index contributed by atoms with van der Waals surface area (Å²) in [6, 6.07) is 9.96. The van der Waals surface area contributed by atoms with Gasteiger partial charge in [0, 0.05) is 24.0 Å². The monoisotopic (exact) mass is 300 g/mol. The average Bonchev–Trinajstić information content (AvgIpc) is 3.26. The first-order valence-corrected chi connectivity index (χ1v) is 8.28. The van der Waals surface area contributed by atoms with Crippen LogP contribution in [0.2, 0.25) is 0 Å². The van der Waals surface area contributed by atoms with E-state index >= 15 is 0 Å². The smallest absolute Gasteiger partial charge is 0.185 e. The van der Waals surface area contributed by atoms with E-state index < -0.39 is 0 Å². The number of thiazole rings is 1. The highest BCUT2D eigenvalue weighted by atomic mass is 32.1. The highest BCUT2D eigenvalue weighted by molar-refractivity contribution is 7.13. The second-order valence-corrected chi connectivity index (χ2v) is 6.61. The van der Waals surface area contributed by atoms with Gasteiger partial charge in [0.2, 0.25) is 0 Å². The van der Waals surface area contributed by atoms with E-state index in [-0.39, 0.29) is 5.78 Å². The summed E-state index contributed by atoms with van der Waals surface area (Å²) in [4.78, 5) is 19.1. The van der Waals surface area contributed by atoms with Crippen molar-refractivity contribution < 1.29 is 4.79 Å². The van der Waals surface area contributed by atoms with Crippen LogP contribution in [0.5, 0.6) is 0 Å². The minimum atomic E-state index is 0.130. The van der Waals surface area contributed by atoms with Crippen molar-refractivity contribution in [3.05, 3.63) is 47.0 Å². The number of hydrogen-bond acceptors (Lipinski definition) is 4. The van der Waals surface area contributed by atoms with E-state index in [1.54, 1.807) is 11.3 Å². The van der Waals surface area contributed by atoms with Gasteiger partial charge in [-0.2, -0.15) is 0 Å². The normalized spacial score (nSPS) is 15.7. The van der Waals surface area contributed by atoms with E-state index in [4.69, 9.17) is 0 Å². The zero-order chi connectivity index (χ0) is 14.8. The van der Waals surface area contributed by atoms with Crippen molar-refractivity contribution in [2.45, 2.75) is 32.2 Å². The molecule has 1 atom stereocenters. The first-order valence-electron chi connectivity index (χ1n) is 7.40. The number of rotatable bonds is 6. The van der Waals surface area contributed by atoms with E-state index in [2.05, 4.69) is 23.9 Å². The lowest BCUT2D eigenvalue weighted by molar-refractivity contribution is 0.0992. The minimum Gasteiger partial charge on any atom is -0.348 e. The fraction of sp³-hybridized carbons (Fsp3) is 0.412. The molecule has 1 aliphatic rings. The van der Waals surface area contributed by atoms with Gasteiger partial charge < -0.3 is 4.90 Å². The summed E-state index contributed by atoms with van der Waals surface area (Å²) in [7, 11) is 2.10. The van der Waals surface area contributed by atoms with Crippen LogP contribution in [0.4, 0.5) is 5.13 Å². The maximum absolute atomic E-state index is 12.2. The maximum Gasteiger partial charge on any atom is 0.185 e. The average molecular weight is 300 g/mol. The number of anilines is 1. The third-order valence-electron chi connectivity index (χ3n) is 4.19. The van der Waals surface area contributed by atoms with Crippen molar-refractivity contribution in [3.63, 3.8) is 0 Å². The lowest BCUT2D eigenvalue weighted by Crippen LogP contribution is -2.30. The van der Waals surface area contributed by atoms with Crippen molar-refractivity contribution in [3.8, 4) is 0 Å². The van der Waals surface area contributed by atoms with Crippen LogP contribution < -0.4 is 4.90 Å². The highest BCUT2D eigenvalue weighted by Gasteiger charge is 2.31. The van der Waals surface area contributed by atoms with Gasteiger partial charge in [-0.3, -0.25) is 4.79 Å². The van der Waals surface area contributed by atoms with Crippen LogP contribution in [0, 0.1) is 5.92 Å². The van der Waals surface area contributed by atoms with Crippen LogP contribution in [0.25, 0.3) is 0 Å². The van der Waals surface area contributed by atoms with Crippen LogP contribution in [0.1, 0.15) is 35.8 Å². The molecule has 110 valence electrons. The quantitative estimate of drug-likeness (QED) is 0.761. The number of Topliss-reactive ketones (excluding diaryl/α,β-unsaturated/α-hetero) is 1. The molecule has 1 heterocycles. The molecule has 2 aromatic rings. The van der Waals surface area contributed by atoms with E-state index in [0.717, 1.165) is 22.3 Å². The first-order chi connectivity index (χ1) is 10.1. The highest BCUT2D eigenvalue weighted by Crippen LogP contribution is 2.36. The summed E-state index contributed by atoms with van der Waals surface area (Å²) in [5.74, 6) is 0.943. The molecule has 1 fully saturated rings. The fourth-order valence-electron chi connectivity index (χ4n) is 2.50.